The number of carbonyl (C=O) groups excluding carboxylic acids is 1. The van der Waals surface area contributed by atoms with Crippen molar-refractivity contribution in [1.29, 1.82) is 0 Å². The minimum Gasteiger partial charge on any atom is -0.550 e. The summed E-state index contributed by atoms with van der Waals surface area (Å²) in [5, 5.41) is 18.4. The molecule has 0 rings (SSSR count). The van der Waals surface area contributed by atoms with E-state index in [2.05, 4.69) is 27.7 Å². The maximum absolute atomic E-state index is 10.1. The lowest BCUT2D eigenvalue weighted by molar-refractivity contribution is -0.870. The smallest absolute Gasteiger partial charge is 0.101 e. The maximum atomic E-state index is 10.1. The molecule has 0 bridgehead atoms. The summed E-state index contributed by atoms with van der Waals surface area (Å²) >= 11 is 0. The van der Waals surface area contributed by atoms with Crippen molar-refractivity contribution in [2.75, 3.05) is 34.3 Å². The van der Waals surface area contributed by atoms with Crippen LogP contribution in [0, 0.1) is 0 Å². The zero-order valence-electron chi connectivity index (χ0n) is 13.6. The quantitative estimate of drug-likeness (QED) is 0.358. The van der Waals surface area contributed by atoms with Crippen molar-refractivity contribution in [3.8, 4) is 0 Å². The fourth-order valence-corrected chi connectivity index (χ4v) is 1.57. The second-order valence-electron chi connectivity index (χ2n) is 6.06. The zero-order chi connectivity index (χ0) is 15.9. The molecule has 0 fully saturated rings. The summed E-state index contributed by atoms with van der Waals surface area (Å²) in [6.07, 6.45) is 9.83. The summed E-state index contributed by atoms with van der Waals surface area (Å²) in [5.74, 6) is -0.924. The molecule has 0 saturated heterocycles. The van der Waals surface area contributed by atoms with Gasteiger partial charge in [0.15, 0.2) is 0 Å². The molecule has 4 heteroatoms. The number of carboxylic acid groups (broad SMARTS) is 1. The summed E-state index contributed by atoms with van der Waals surface area (Å²) in [7, 11) is 6.16. The van der Waals surface area contributed by atoms with E-state index < -0.39 is 5.97 Å². The Morgan fingerprint density at radius 1 is 1.10 bits per heavy atom. The number of aliphatic hydroxyl groups excluding tert-OH is 1. The zero-order valence-corrected chi connectivity index (χ0v) is 13.6. The first-order valence-corrected chi connectivity index (χ1v) is 7.55. The van der Waals surface area contributed by atoms with E-state index in [-0.39, 0.29) is 13.0 Å². The second-order valence-corrected chi connectivity index (χ2v) is 6.06. The highest BCUT2D eigenvalue weighted by molar-refractivity contribution is 5.63. The fraction of sp³-hybridized carbons (Fsp3) is 0.812. The van der Waals surface area contributed by atoms with Crippen molar-refractivity contribution >= 4 is 5.97 Å². The number of unbranched alkanes of at least 4 members (excludes halogenated alkanes) is 6. The van der Waals surface area contributed by atoms with Crippen molar-refractivity contribution in [2.45, 2.75) is 51.4 Å². The van der Waals surface area contributed by atoms with Gasteiger partial charge in [0.2, 0.25) is 0 Å². The van der Waals surface area contributed by atoms with E-state index in [0.717, 1.165) is 36.7 Å². The van der Waals surface area contributed by atoms with Crippen molar-refractivity contribution < 1.29 is 19.5 Å². The summed E-state index contributed by atoms with van der Waals surface area (Å²) in [6, 6.07) is 0. The Kier molecular flexibility index (Phi) is 15.6. The normalized spacial score (nSPS) is 10.6. The Balaban J connectivity index is 0. The third kappa shape index (κ3) is 25.9. The molecular weight excluding hydrogens is 254 g/mol. The van der Waals surface area contributed by atoms with Gasteiger partial charge in [-0.25, -0.2) is 0 Å². The van der Waals surface area contributed by atoms with Crippen LogP contribution < -0.4 is 5.11 Å². The number of likely N-dealkylation sites (N-methyl/N-ethyl adjacent to an activating group) is 1. The lowest BCUT2D eigenvalue weighted by Crippen LogP contribution is -2.36. The number of hydrogen-bond acceptors (Lipinski definition) is 3. The van der Waals surface area contributed by atoms with Crippen LogP contribution in [0.4, 0.5) is 0 Å². The first-order chi connectivity index (χ1) is 9.33. The summed E-state index contributed by atoms with van der Waals surface area (Å²) < 4.78 is 0.844. The largest absolute Gasteiger partial charge is 0.550 e. The molecule has 0 amide bonds. The fourth-order valence-electron chi connectivity index (χ4n) is 1.57. The molecule has 1 N–H and O–H groups in total. The lowest BCUT2D eigenvalue weighted by Gasteiger charge is -2.21. The average Bonchev–Trinajstić information content (AvgIpc) is 2.31. The molecule has 0 aromatic rings. The Morgan fingerprint density at radius 3 is 1.95 bits per heavy atom. The van der Waals surface area contributed by atoms with E-state index in [1.807, 2.05) is 6.08 Å². The number of rotatable bonds is 11. The highest BCUT2D eigenvalue weighted by atomic mass is 16.4. The van der Waals surface area contributed by atoms with Crippen LogP contribution in [-0.4, -0.2) is 49.9 Å². The van der Waals surface area contributed by atoms with Crippen LogP contribution in [0.5, 0.6) is 0 Å². The van der Waals surface area contributed by atoms with Gasteiger partial charge in [0, 0.05) is 5.97 Å². The molecule has 0 spiro atoms. The Hall–Kier alpha value is -0.870. The predicted molar refractivity (Wildman–Crippen MR) is 82.1 cm³/mol. The van der Waals surface area contributed by atoms with Gasteiger partial charge < -0.3 is 19.5 Å². The number of hydrogen-bond donors (Lipinski definition) is 1. The molecule has 0 heterocycles. The average molecular weight is 287 g/mol. The van der Waals surface area contributed by atoms with Gasteiger partial charge in [0.05, 0.1) is 27.7 Å². The van der Waals surface area contributed by atoms with Crippen LogP contribution in [0.25, 0.3) is 0 Å². The van der Waals surface area contributed by atoms with Gasteiger partial charge in [-0.2, -0.15) is 0 Å². The van der Waals surface area contributed by atoms with Crippen molar-refractivity contribution in [1.82, 2.24) is 0 Å². The molecular formula is C16H33NO3. The highest BCUT2D eigenvalue weighted by Crippen LogP contribution is 2.08. The number of aliphatic hydroxyl groups is 1. The standard InChI is InChI=1S/C11H20O2.C5H14NO/c1-2-3-4-5-6-7-8-9-10-11(12)13;1-6(2,3)4-5-7/h2H,1,3-10H2,(H,12,13);7H,4-5H2,1-3H3/q;+1/p-1. The van der Waals surface area contributed by atoms with E-state index in [1.54, 1.807) is 0 Å². The summed E-state index contributed by atoms with van der Waals surface area (Å²) in [6.45, 7) is 4.77. The SMILES string of the molecule is C=CCCCCCCCCC(=O)[O-].C[N+](C)(C)CCO. The highest BCUT2D eigenvalue weighted by Gasteiger charge is 2.02. The molecule has 0 aliphatic heterocycles. The molecule has 4 nitrogen and oxygen atoms in total. The first-order valence-electron chi connectivity index (χ1n) is 7.55. The topological polar surface area (TPSA) is 60.4 Å². The van der Waals surface area contributed by atoms with Crippen LogP contribution in [-0.2, 0) is 4.79 Å². The van der Waals surface area contributed by atoms with Crippen LogP contribution in [0.1, 0.15) is 51.4 Å². The van der Waals surface area contributed by atoms with E-state index >= 15 is 0 Å². The molecule has 0 saturated carbocycles. The van der Waals surface area contributed by atoms with Crippen LogP contribution in [0.15, 0.2) is 12.7 Å². The Morgan fingerprint density at radius 2 is 1.60 bits per heavy atom. The third-order valence-corrected chi connectivity index (χ3v) is 2.81. The van der Waals surface area contributed by atoms with E-state index in [1.165, 1.54) is 19.3 Å². The molecule has 0 aromatic carbocycles. The van der Waals surface area contributed by atoms with E-state index in [0.29, 0.717) is 0 Å². The van der Waals surface area contributed by atoms with Gasteiger partial charge in [-0.05, 0) is 25.7 Å². The molecule has 0 aromatic heterocycles. The van der Waals surface area contributed by atoms with Gasteiger partial charge in [-0.15, -0.1) is 6.58 Å². The number of carboxylic acids is 1. The molecule has 0 aliphatic carbocycles. The predicted octanol–water partition coefficient (Wildman–Crippen LogP) is 1.73. The Bertz CT molecular complexity index is 234. The second kappa shape index (κ2) is 14.5. The number of aliphatic carboxylic acids is 1. The summed E-state index contributed by atoms with van der Waals surface area (Å²) in [5.41, 5.74) is 0. The van der Waals surface area contributed by atoms with Crippen molar-refractivity contribution in [3.63, 3.8) is 0 Å². The van der Waals surface area contributed by atoms with Gasteiger partial charge >= 0.3 is 0 Å². The van der Waals surface area contributed by atoms with Crippen molar-refractivity contribution in [2.24, 2.45) is 0 Å². The minimum atomic E-state index is -0.924. The van der Waals surface area contributed by atoms with Gasteiger partial charge in [-0.1, -0.05) is 31.8 Å². The number of allylic oxidation sites excluding steroid dienone is 1. The summed E-state index contributed by atoms with van der Waals surface area (Å²) in [4.78, 5) is 10.1. The third-order valence-electron chi connectivity index (χ3n) is 2.81. The number of quaternary nitrogens is 1. The molecule has 20 heavy (non-hydrogen) atoms. The molecule has 0 unspecified atom stereocenters. The number of carbonyl (C=O) groups is 1. The van der Waals surface area contributed by atoms with Crippen LogP contribution >= 0.6 is 0 Å². The van der Waals surface area contributed by atoms with Gasteiger partial charge in [0.1, 0.15) is 6.54 Å². The van der Waals surface area contributed by atoms with Crippen LogP contribution in [0.3, 0.4) is 0 Å². The lowest BCUT2D eigenvalue weighted by atomic mass is 10.1. The molecule has 0 aliphatic rings. The van der Waals surface area contributed by atoms with Gasteiger partial charge in [-0.3, -0.25) is 0 Å². The Labute approximate surface area is 124 Å². The van der Waals surface area contributed by atoms with Crippen LogP contribution in [0.2, 0.25) is 0 Å². The molecule has 0 radical (unpaired) electrons. The van der Waals surface area contributed by atoms with Gasteiger partial charge in [0.25, 0.3) is 0 Å². The maximum Gasteiger partial charge on any atom is 0.101 e. The monoisotopic (exact) mass is 287 g/mol. The first kappa shape index (κ1) is 21.4. The molecule has 120 valence electrons. The number of nitrogens with zero attached hydrogens (tertiary/aromatic N) is 1. The minimum absolute atomic E-state index is 0.215. The van der Waals surface area contributed by atoms with Crippen molar-refractivity contribution in [3.05, 3.63) is 12.7 Å². The van der Waals surface area contributed by atoms with E-state index in [4.69, 9.17) is 5.11 Å². The molecule has 0 atom stereocenters. The van der Waals surface area contributed by atoms with E-state index in [9.17, 15) is 9.90 Å².